The van der Waals surface area contributed by atoms with Gasteiger partial charge in [0, 0.05) is 22.7 Å². The maximum atomic E-state index is 6.14. The van der Waals surface area contributed by atoms with Crippen LogP contribution in [0.2, 0.25) is 5.02 Å². The van der Waals surface area contributed by atoms with Crippen molar-refractivity contribution in [3.63, 3.8) is 0 Å². The van der Waals surface area contributed by atoms with Gasteiger partial charge >= 0.3 is 0 Å². The third-order valence-corrected chi connectivity index (χ3v) is 6.41. The molecule has 2 aliphatic carbocycles. The summed E-state index contributed by atoms with van der Waals surface area (Å²) in [5, 5.41) is 5.75. The molecule has 1 aromatic heterocycles. The number of benzene rings is 1. The first-order valence-electron chi connectivity index (χ1n) is 9.72. The highest BCUT2D eigenvalue weighted by Gasteiger charge is 2.36. The Labute approximate surface area is 164 Å². The number of hydrogen-bond donors (Lipinski definition) is 1. The molecule has 0 bridgehead atoms. The normalized spacial score (nSPS) is 21.3. The molecule has 0 radical (unpaired) electrons. The SMILES string of the molecule is S=c1n(C[NH+]2CCN(c3cccc(Cl)c3)CC2)nc(C2CC2)n1C1CC1. The second kappa shape index (κ2) is 6.66. The van der Waals surface area contributed by atoms with E-state index in [2.05, 4.69) is 26.3 Å². The number of hydrogen-bond acceptors (Lipinski definition) is 3. The van der Waals surface area contributed by atoms with Crippen LogP contribution in [0.3, 0.4) is 0 Å². The minimum absolute atomic E-state index is 0.626. The minimum atomic E-state index is 0.626. The largest absolute Gasteiger partial charge is 0.360 e. The fourth-order valence-electron chi connectivity index (χ4n) is 3.96. The predicted octanol–water partition coefficient (Wildman–Crippen LogP) is 2.64. The quantitative estimate of drug-likeness (QED) is 0.796. The van der Waals surface area contributed by atoms with Crippen LogP contribution in [-0.2, 0) is 6.67 Å². The van der Waals surface area contributed by atoms with E-state index in [0.717, 1.165) is 42.6 Å². The first kappa shape index (κ1) is 16.8. The van der Waals surface area contributed by atoms with Gasteiger partial charge < -0.3 is 14.4 Å². The molecule has 1 aliphatic heterocycles. The molecule has 0 atom stereocenters. The van der Waals surface area contributed by atoms with Crippen LogP contribution in [0.4, 0.5) is 5.69 Å². The Morgan fingerprint density at radius 2 is 1.92 bits per heavy atom. The molecule has 7 heteroatoms. The zero-order valence-corrected chi connectivity index (χ0v) is 16.5. The number of nitrogens with one attached hydrogen (secondary N) is 1. The number of nitrogens with zero attached hydrogens (tertiary/aromatic N) is 4. The maximum Gasteiger partial charge on any atom is 0.203 e. The molecule has 3 fully saturated rings. The Hall–Kier alpha value is -1.37. The lowest BCUT2D eigenvalue weighted by molar-refractivity contribution is -0.924. The summed E-state index contributed by atoms with van der Waals surface area (Å²) in [5.41, 5.74) is 1.22. The zero-order valence-electron chi connectivity index (χ0n) is 14.9. The molecule has 5 rings (SSSR count). The van der Waals surface area contributed by atoms with Gasteiger partial charge in [-0.05, 0) is 56.1 Å². The molecular weight excluding hydrogens is 366 g/mol. The summed E-state index contributed by atoms with van der Waals surface area (Å²) in [4.78, 5) is 3.98. The van der Waals surface area contributed by atoms with Crippen LogP contribution in [0, 0.1) is 4.77 Å². The Balaban J connectivity index is 1.27. The van der Waals surface area contributed by atoms with Gasteiger partial charge in [0.15, 0.2) is 6.67 Å². The third kappa shape index (κ3) is 3.30. The van der Waals surface area contributed by atoms with Gasteiger partial charge in [0.2, 0.25) is 4.77 Å². The van der Waals surface area contributed by atoms with Gasteiger partial charge in [0.05, 0.1) is 26.2 Å². The van der Waals surface area contributed by atoms with Gasteiger partial charge in [-0.25, -0.2) is 0 Å². The summed E-state index contributed by atoms with van der Waals surface area (Å²) in [7, 11) is 0. The highest BCUT2D eigenvalue weighted by Crippen LogP contribution is 2.44. The van der Waals surface area contributed by atoms with Crippen LogP contribution in [0.1, 0.15) is 43.5 Å². The number of anilines is 1. The van der Waals surface area contributed by atoms with Crippen LogP contribution in [0.15, 0.2) is 24.3 Å². The molecule has 2 heterocycles. The molecule has 138 valence electrons. The molecule has 3 aliphatic rings. The number of aromatic nitrogens is 3. The molecule has 0 spiro atoms. The Morgan fingerprint density at radius 3 is 2.58 bits per heavy atom. The van der Waals surface area contributed by atoms with Crippen LogP contribution in [0.25, 0.3) is 0 Å². The summed E-state index contributed by atoms with van der Waals surface area (Å²) in [6.45, 7) is 5.18. The molecule has 0 unspecified atom stereocenters. The maximum absolute atomic E-state index is 6.14. The van der Waals surface area contributed by atoms with Gasteiger partial charge in [0.1, 0.15) is 5.82 Å². The minimum Gasteiger partial charge on any atom is -0.360 e. The topological polar surface area (TPSA) is 30.4 Å². The highest BCUT2D eigenvalue weighted by atomic mass is 35.5. The van der Waals surface area contributed by atoms with Crippen LogP contribution in [-0.4, -0.2) is 40.5 Å². The van der Waals surface area contributed by atoms with Crippen molar-refractivity contribution in [3.8, 4) is 0 Å². The summed E-state index contributed by atoms with van der Waals surface area (Å²) in [5.74, 6) is 1.92. The van der Waals surface area contributed by atoms with E-state index < -0.39 is 0 Å². The molecule has 5 nitrogen and oxygen atoms in total. The zero-order chi connectivity index (χ0) is 17.7. The number of halogens is 1. The second-order valence-corrected chi connectivity index (χ2v) is 8.69. The van der Waals surface area contributed by atoms with Crippen LogP contribution in [0.5, 0.6) is 0 Å². The van der Waals surface area contributed by atoms with Crippen LogP contribution >= 0.6 is 23.8 Å². The van der Waals surface area contributed by atoms with Crippen molar-refractivity contribution in [2.75, 3.05) is 31.1 Å². The van der Waals surface area contributed by atoms with Crippen molar-refractivity contribution in [1.29, 1.82) is 0 Å². The average Bonchev–Trinajstić information content (AvgIpc) is 3.55. The van der Waals surface area contributed by atoms with Gasteiger partial charge in [-0.3, -0.25) is 0 Å². The molecule has 2 aromatic rings. The fourth-order valence-corrected chi connectivity index (χ4v) is 4.49. The lowest BCUT2D eigenvalue weighted by atomic mass is 10.2. The number of rotatable bonds is 5. The van der Waals surface area contributed by atoms with Gasteiger partial charge in [-0.2, -0.15) is 9.78 Å². The van der Waals surface area contributed by atoms with Gasteiger partial charge in [0.25, 0.3) is 0 Å². The molecule has 0 amide bonds. The molecule has 1 saturated heterocycles. The molecule has 1 aromatic carbocycles. The predicted molar refractivity (Wildman–Crippen MR) is 106 cm³/mol. The van der Waals surface area contributed by atoms with E-state index in [-0.39, 0.29) is 0 Å². The molecule has 2 saturated carbocycles. The second-order valence-electron chi connectivity index (χ2n) is 7.89. The monoisotopic (exact) mass is 390 g/mol. The summed E-state index contributed by atoms with van der Waals surface area (Å²) in [6, 6.07) is 8.79. The number of piperazine rings is 1. The Kier molecular flexibility index (Phi) is 4.30. The highest BCUT2D eigenvalue weighted by molar-refractivity contribution is 7.71. The van der Waals surface area contributed by atoms with E-state index in [4.69, 9.17) is 28.9 Å². The third-order valence-electron chi connectivity index (χ3n) is 5.77. The van der Waals surface area contributed by atoms with Crippen molar-refractivity contribution in [1.82, 2.24) is 14.3 Å². The fraction of sp³-hybridized carbons (Fsp3) is 0.579. The van der Waals surface area contributed by atoms with Crippen molar-refractivity contribution in [3.05, 3.63) is 39.9 Å². The van der Waals surface area contributed by atoms with E-state index in [1.165, 1.54) is 37.2 Å². The number of quaternary nitrogens is 1. The van der Waals surface area contributed by atoms with Crippen molar-refractivity contribution in [2.45, 2.75) is 44.3 Å². The summed E-state index contributed by atoms with van der Waals surface area (Å²) >= 11 is 11.9. The van der Waals surface area contributed by atoms with E-state index >= 15 is 0 Å². The molecule has 1 N–H and O–H groups in total. The lowest BCUT2D eigenvalue weighted by Gasteiger charge is -2.33. The lowest BCUT2D eigenvalue weighted by Crippen LogP contribution is -3.14. The van der Waals surface area contributed by atoms with E-state index in [9.17, 15) is 0 Å². The first-order chi connectivity index (χ1) is 12.7. The van der Waals surface area contributed by atoms with Crippen molar-refractivity contribution < 1.29 is 4.90 Å². The summed E-state index contributed by atoms with van der Waals surface area (Å²) < 4.78 is 5.42. The van der Waals surface area contributed by atoms with E-state index in [0.29, 0.717) is 12.0 Å². The Bertz CT molecular complexity index is 859. The van der Waals surface area contributed by atoms with Crippen molar-refractivity contribution in [2.24, 2.45) is 0 Å². The van der Waals surface area contributed by atoms with E-state index in [1.807, 2.05) is 12.1 Å². The van der Waals surface area contributed by atoms with Gasteiger partial charge in [-0.15, -0.1) is 0 Å². The van der Waals surface area contributed by atoms with Crippen LogP contribution < -0.4 is 9.80 Å². The smallest absolute Gasteiger partial charge is 0.203 e. The standard InChI is InChI=1S/C19H24ClN5S/c20-15-2-1-3-17(12-15)23-10-8-22(9-11-23)13-24-19(26)25(16-6-7-16)18(21-24)14-4-5-14/h1-3,12,14,16H,4-11,13H2/p+1. The Morgan fingerprint density at radius 1 is 1.15 bits per heavy atom. The van der Waals surface area contributed by atoms with E-state index in [1.54, 1.807) is 4.90 Å². The molecular formula is C19H25ClN5S+. The van der Waals surface area contributed by atoms with Crippen molar-refractivity contribution >= 4 is 29.5 Å². The average molecular weight is 391 g/mol. The summed E-state index contributed by atoms with van der Waals surface area (Å²) in [6.07, 6.45) is 5.10. The molecule has 26 heavy (non-hydrogen) atoms. The van der Waals surface area contributed by atoms with Gasteiger partial charge in [-0.1, -0.05) is 17.7 Å². The first-order valence-corrected chi connectivity index (χ1v) is 10.5.